The van der Waals surface area contributed by atoms with Gasteiger partial charge in [0.2, 0.25) is 0 Å². The smallest absolute Gasteiger partial charge is 0.160 e. The van der Waals surface area contributed by atoms with Crippen LogP contribution in [0, 0.1) is 0 Å². The van der Waals surface area contributed by atoms with Crippen molar-refractivity contribution in [3.05, 3.63) is 206 Å². The van der Waals surface area contributed by atoms with Gasteiger partial charge in [0.25, 0.3) is 0 Å². The van der Waals surface area contributed by atoms with Crippen molar-refractivity contribution in [2.75, 3.05) is 0 Å². The van der Waals surface area contributed by atoms with E-state index in [0.29, 0.717) is 5.82 Å². The quantitative estimate of drug-likeness (QED) is 0.175. The van der Waals surface area contributed by atoms with E-state index in [0.717, 1.165) is 72.1 Å². The Morgan fingerprint density at radius 2 is 0.869 bits per heavy atom. The average Bonchev–Trinajstić information content (AvgIpc) is 3.99. The van der Waals surface area contributed by atoms with Crippen molar-refractivity contribution < 1.29 is 4.42 Å². The molecule has 0 aliphatic rings. The van der Waals surface area contributed by atoms with Crippen LogP contribution < -0.4 is 0 Å². The molecule has 5 nitrogen and oxygen atoms in total. The van der Waals surface area contributed by atoms with Gasteiger partial charge in [-0.25, -0.2) is 9.97 Å². The zero-order chi connectivity index (χ0) is 40.0. The van der Waals surface area contributed by atoms with Gasteiger partial charge in [0.1, 0.15) is 11.2 Å². The Kier molecular flexibility index (Phi) is 7.24. The molecule has 284 valence electrons. The normalized spacial score (nSPS) is 11.9. The van der Waals surface area contributed by atoms with E-state index in [-0.39, 0.29) is 0 Å². The first-order valence-corrected chi connectivity index (χ1v) is 20.7. The van der Waals surface area contributed by atoms with E-state index in [4.69, 9.17) is 14.4 Å². The standard InChI is InChI=1S/C56H34N4O/c1-2-13-38(14-3-1)59-49-22-9-5-15-40(49)46-33-36(27-31-51(46)59)37-28-32-52-47(34-37)41-16-6-10-23-50(41)60(52)39-29-25-35(26-30-39)56-57-48-21-8-4-18-44(48)54(58-56)45-20-12-19-43-42-17-7-11-24-53(42)61-55(43)45/h1-34H. The fourth-order valence-electron chi connectivity index (χ4n) is 9.54. The molecule has 0 aliphatic carbocycles. The van der Waals surface area contributed by atoms with E-state index < -0.39 is 0 Å². The molecule has 0 saturated heterocycles. The Hall–Kier alpha value is -8.28. The molecule has 0 fully saturated rings. The van der Waals surface area contributed by atoms with Gasteiger partial charge in [-0.1, -0.05) is 115 Å². The van der Waals surface area contributed by atoms with Gasteiger partial charge in [-0.15, -0.1) is 0 Å². The summed E-state index contributed by atoms with van der Waals surface area (Å²) in [5, 5.41) is 8.08. The zero-order valence-corrected chi connectivity index (χ0v) is 32.8. The fourth-order valence-corrected chi connectivity index (χ4v) is 9.54. The highest BCUT2D eigenvalue weighted by molar-refractivity contribution is 6.14. The van der Waals surface area contributed by atoms with E-state index >= 15 is 0 Å². The highest BCUT2D eigenvalue weighted by Gasteiger charge is 2.19. The summed E-state index contributed by atoms with van der Waals surface area (Å²) in [6, 6.07) is 73.2. The third-order valence-corrected chi connectivity index (χ3v) is 12.3. The first-order valence-electron chi connectivity index (χ1n) is 20.7. The molecule has 13 rings (SSSR count). The van der Waals surface area contributed by atoms with Crippen LogP contribution in [0.25, 0.3) is 122 Å². The summed E-state index contributed by atoms with van der Waals surface area (Å²) in [7, 11) is 0. The van der Waals surface area contributed by atoms with Crippen molar-refractivity contribution in [2.45, 2.75) is 0 Å². The van der Waals surface area contributed by atoms with Crippen molar-refractivity contribution >= 4 is 76.5 Å². The number of hydrogen-bond acceptors (Lipinski definition) is 3. The van der Waals surface area contributed by atoms with Crippen LogP contribution in [0.3, 0.4) is 0 Å². The second-order valence-corrected chi connectivity index (χ2v) is 15.7. The predicted octanol–water partition coefficient (Wildman–Crippen LogP) is 14.7. The van der Waals surface area contributed by atoms with Crippen LogP contribution in [0.4, 0.5) is 0 Å². The molecule has 0 spiro atoms. The second-order valence-electron chi connectivity index (χ2n) is 15.7. The van der Waals surface area contributed by atoms with Crippen LogP contribution in [-0.4, -0.2) is 19.1 Å². The first kappa shape index (κ1) is 33.7. The number of hydrogen-bond donors (Lipinski definition) is 0. The largest absolute Gasteiger partial charge is 0.455 e. The molecule has 0 atom stereocenters. The molecule has 0 unspecified atom stereocenters. The maximum Gasteiger partial charge on any atom is 0.160 e. The lowest BCUT2D eigenvalue weighted by Gasteiger charge is -2.12. The van der Waals surface area contributed by atoms with Crippen LogP contribution in [0.15, 0.2) is 211 Å². The molecule has 13 aromatic rings. The number of nitrogens with zero attached hydrogens (tertiary/aromatic N) is 4. The fraction of sp³-hybridized carbons (Fsp3) is 0. The molecule has 61 heavy (non-hydrogen) atoms. The van der Waals surface area contributed by atoms with Gasteiger partial charge in [-0.2, -0.15) is 0 Å². The third-order valence-electron chi connectivity index (χ3n) is 12.3. The number of furan rings is 1. The lowest BCUT2D eigenvalue weighted by Crippen LogP contribution is -1.97. The van der Waals surface area contributed by atoms with Gasteiger partial charge in [0.05, 0.1) is 33.3 Å². The minimum Gasteiger partial charge on any atom is -0.455 e. The maximum absolute atomic E-state index is 6.48. The van der Waals surface area contributed by atoms with Gasteiger partial charge in [0.15, 0.2) is 5.82 Å². The van der Waals surface area contributed by atoms with Crippen LogP contribution in [0.1, 0.15) is 0 Å². The van der Waals surface area contributed by atoms with Crippen LogP contribution in [0.5, 0.6) is 0 Å². The Balaban J connectivity index is 0.915. The molecular formula is C56H34N4O. The van der Waals surface area contributed by atoms with E-state index in [2.05, 4.69) is 191 Å². The van der Waals surface area contributed by atoms with Gasteiger partial charge in [-0.3, -0.25) is 0 Å². The van der Waals surface area contributed by atoms with Crippen LogP contribution in [0.2, 0.25) is 0 Å². The number of para-hydroxylation sites is 6. The molecule has 0 bridgehead atoms. The van der Waals surface area contributed by atoms with Gasteiger partial charge < -0.3 is 13.6 Å². The molecular weight excluding hydrogens is 745 g/mol. The summed E-state index contributed by atoms with van der Waals surface area (Å²) in [6.45, 7) is 0. The highest BCUT2D eigenvalue weighted by Crippen LogP contribution is 2.40. The Bertz CT molecular complexity index is 3870. The molecule has 0 amide bonds. The van der Waals surface area contributed by atoms with E-state index in [1.807, 2.05) is 24.3 Å². The lowest BCUT2D eigenvalue weighted by atomic mass is 10.0. The first-order chi connectivity index (χ1) is 30.2. The van der Waals surface area contributed by atoms with Crippen LogP contribution in [-0.2, 0) is 0 Å². The minimum atomic E-state index is 0.670. The summed E-state index contributed by atoms with van der Waals surface area (Å²) in [6.07, 6.45) is 0. The highest BCUT2D eigenvalue weighted by atomic mass is 16.3. The van der Waals surface area contributed by atoms with Crippen molar-refractivity contribution in [3.63, 3.8) is 0 Å². The SMILES string of the molecule is c1ccc(-n2c3ccccc3c3cc(-c4ccc5c(c4)c4ccccc4n5-c4ccc(-c5nc(-c6cccc7c6oc6ccccc67)c6ccccc6n5)cc4)ccc32)cc1. The van der Waals surface area contributed by atoms with Gasteiger partial charge in [-0.05, 0) is 102 Å². The van der Waals surface area contributed by atoms with Crippen LogP contribution >= 0.6 is 0 Å². The predicted molar refractivity (Wildman–Crippen MR) is 252 cm³/mol. The summed E-state index contributed by atoms with van der Waals surface area (Å²) >= 11 is 0. The molecule has 4 aromatic heterocycles. The third kappa shape index (κ3) is 5.14. The number of rotatable bonds is 5. The van der Waals surface area contributed by atoms with Crippen molar-refractivity contribution in [1.82, 2.24) is 19.1 Å². The molecule has 4 heterocycles. The van der Waals surface area contributed by atoms with E-state index in [1.54, 1.807) is 0 Å². The van der Waals surface area contributed by atoms with Crippen molar-refractivity contribution in [1.29, 1.82) is 0 Å². The van der Waals surface area contributed by atoms with E-state index in [9.17, 15) is 0 Å². The Morgan fingerprint density at radius 1 is 0.344 bits per heavy atom. The summed E-state index contributed by atoms with van der Waals surface area (Å²) < 4.78 is 11.2. The van der Waals surface area contributed by atoms with E-state index in [1.165, 1.54) is 43.7 Å². The summed E-state index contributed by atoms with van der Waals surface area (Å²) in [5.74, 6) is 0.670. The second kappa shape index (κ2) is 13.1. The van der Waals surface area contributed by atoms with Gasteiger partial charge in [0, 0.05) is 60.2 Å². The number of benzene rings is 9. The lowest BCUT2D eigenvalue weighted by molar-refractivity contribution is 0.670. The molecule has 9 aromatic carbocycles. The maximum atomic E-state index is 6.48. The zero-order valence-electron chi connectivity index (χ0n) is 32.8. The molecule has 0 radical (unpaired) electrons. The van der Waals surface area contributed by atoms with Crippen molar-refractivity contribution in [2.24, 2.45) is 0 Å². The minimum absolute atomic E-state index is 0.670. The summed E-state index contributed by atoms with van der Waals surface area (Å²) in [4.78, 5) is 10.4. The van der Waals surface area contributed by atoms with Gasteiger partial charge >= 0.3 is 0 Å². The number of fused-ring (bicyclic) bond motifs is 10. The average molecular weight is 779 g/mol. The Labute approximate surface area is 350 Å². The van der Waals surface area contributed by atoms with Crippen molar-refractivity contribution in [3.8, 4) is 45.1 Å². The summed E-state index contributed by atoms with van der Waals surface area (Å²) in [5.41, 5.74) is 14.7. The number of aromatic nitrogens is 4. The molecule has 0 N–H and O–H groups in total. The topological polar surface area (TPSA) is 48.8 Å². The monoisotopic (exact) mass is 778 g/mol. The molecule has 0 aliphatic heterocycles. The molecule has 5 heteroatoms. The Morgan fingerprint density at radius 3 is 1.56 bits per heavy atom. The molecule has 0 saturated carbocycles.